The van der Waals surface area contributed by atoms with Crippen LogP contribution in [0.5, 0.6) is 0 Å². The van der Waals surface area contributed by atoms with Crippen molar-refractivity contribution in [2.24, 2.45) is 11.5 Å². The Balaban J connectivity index is 4.07. The van der Waals surface area contributed by atoms with Crippen LogP contribution in [0, 0.1) is 0 Å². The molecular formula is C18H39N5O3. The van der Waals surface area contributed by atoms with E-state index in [2.05, 4.69) is 10.6 Å². The molecule has 8 nitrogen and oxygen atoms in total. The number of nitrogens with two attached hydrogens (primary N) is 2. The third-order valence-electron chi connectivity index (χ3n) is 4.03. The lowest BCUT2D eigenvalue weighted by Crippen LogP contribution is -2.45. The highest BCUT2D eigenvalue weighted by Gasteiger charge is 2.16. The van der Waals surface area contributed by atoms with Crippen molar-refractivity contribution in [2.75, 3.05) is 59.5 Å². The van der Waals surface area contributed by atoms with Gasteiger partial charge in [-0.3, -0.25) is 9.59 Å². The van der Waals surface area contributed by atoms with E-state index in [4.69, 9.17) is 16.2 Å². The Morgan fingerprint density at radius 2 is 1.58 bits per heavy atom. The van der Waals surface area contributed by atoms with Crippen LogP contribution in [-0.4, -0.2) is 76.2 Å². The Kier molecular flexibility index (Phi) is 17.7. The molecule has 8 heteroatoms. The Bertz CT molecular complexity index is 356. The van der Waals surface area contributed by atoms with Crippen molar-refractivity contribution in [3.63, 3.8) is 0 Å². The quantitative estimate of drug-likeness (QED) is 0.247. The first kappa shape index (κ1) is 24.8. The molecule has 0 rings (SSSR count). The minimum absolute atomic E-state index is 0.0490. The fourth-order valence-corrected chi connectivity index (χ4v) is 2.49. The van der Waals surface area contributed by atoms with Crippen LogP contribution >= 0.6 is 0 Å². The molecule has 0 bridgehead atoms. The van der Waals surface area contributed by atoms with Gasteiger partial charge in [0.2, 0.25) is 11.8 Å². The summed E-state index contributed by atoms with van der Waals surface area (Å²) in [5.41, 5.74) is 11.0. The molecule has 0 aromatic heterocycles. The Morgan fingerprint density at radius 1 is 0.923 bits per heavy atom. The number of carbonyl (C=O) groups is 2. The molecule has 0 saturated carbocycles. The Hall–Kier alpha value is -1.22. The molecule has 0 spiro atoms. The normalized spacial score (nSPS) is 10.7. The summed E-state index contributed by atoms with van der Waals surface area (Å²) in [7, 11) is 1.58. The van der Waals surface area contributed by atoms with E-state index in [0.29, 0.717) is 26.2 Å². The number of ether oxygens (including phenoxy) is 1. The number of amides is 2. The number of methoxy groups -OCH3 is 1. The molecule has 0 aliphatic heterocycles. The lowest BCUT2D eigenvalue weighted by molar-refractivity contribution is -0.135. The highest BCUT2D eigenvalue weighted by Crippen LogP contribution is 2.01. The van der Waals surface area contributed by atoms with Gasteiger partial charge in [0.15, 0.2) is 0 Å². The molecule has 0 aromatic carbocycles. The molecule has 0 saturated heterocycles. The topological polar surface area (TPSA) is 123 Å². The molecule has 0 aromatic rings. The molecule has 26 heavy (non-hydrogen) atoms. The number of carbonyl (C=O) groups excluding carboxylic acids is 2. The Labute approximate surface area is 158 Å². The van der Waals surface area contributed by atoms with Crippen LogP contribution in [0.25, 0.3) is 0 Å². The molecule has 0 aliphatic carbocycles. The van der Waals surface area contributed by atoms with Gasteiger partial charge in [0.25, 0.3) is 0 Å². The number of nitrogens with zero attached hydrogens (tertiary/aromatic N) is 1. The van der Waals surface area contributed by atoms with E-state index in [0.717, 1.165) is 45.2 Å². The summed E-state index contributed by atoms with van der Waals surface area (Å²) in [6, 6.07) is 0. The van der Waals surface area contributed by atoms with E-state index in [1.165, 1.54) is 12.8 Å². The third kappa shape index (κ3) is 15.1. The van der Waals surface area contributed by atoms with Gasteiger partial charge in [-0.05, 0) is 45.3 Å². The van der Waals surface area contributed by atoms with Gasteiger partial charge >= 0.3 is 0 Å². The van der Waals surface area contributed by atoms with Gasteiger partial charge in [-0.25, -0.2) is 0 Å². The maximum Gasteiger partial charge on any atom is 0.239 e. The van der Waals surface area contributed by atoms with Gasteiger partial charge in [0.1, 0.15) is 0 Å². The second-order valence-corrected chi connectivity index (χ2v) is 6.39. The van der Waals surface area contributed by atoms with E-state index in [1.807, 2.05) is 0 Å². The average Bonchev–Trinajstić information content (AvgIpc) is 2.63. The van der Waals surface area contributed by atoms with Gasteiger partial charge in [-0.1, -0.05) is 19.3 Å². The van der Waals surface area contributed by atoms with E-state index in [1.54, 1.807) is 12.0 Å². The zero-order valence-corrected chi connectivity index (χ0v) is 16.4. The lowest BCUT2D eigenvalue weighted by atomic mass is 10.1. The molecule has 2 amide bonds. The zero-order chi connectivity index (χ0) is 19.5. The van der Waals surface area contributed by atoms with Crippen LogP contribution in [0.4, 0.5) is 0 Å². The fraction of sp³-hybridized carbons (Fsp3) is 0.889. The average molecular weight is 374 g/mol. The third-order valence-corrected chi connectivity index (χ3v) is 4.03. The maximum absolute atomic E-state index is 12.4. The number of nitrogens with one attached hydrogen (secondary N) is 2. The lowest BCUT2D eigenvalue weighted by Gasteiger charge is -2.22. The van der Waals surface area contributed by atoms with Crippen LogP contribution in [0.1, 0.15) is 44.9 Å². The van der Waals surface area contributed by atoms with Crippen molar-refractivity contribution in [3.8, 4) is 0 Å². The molecule has 0 fully saturated rings. The van der Waals surface area contributed by atoms with Crippen LogP contribution in [0.3, 0.4) is 0 Å². The monoisotopic (exact) mass is 373 g/mol. The Morgan fingerprint density at radius 3 is 2.27 bits per heavy atom. The summed E-state index contributed by atoms with van der Waals surface area (Å²) in [4.78, 5) is 25.9. The first-order valence-electron chi connectivity index (χ1n) is 9.80. The van der Waals surface area contributed by atoms with Gasteiger partial charge in [0.05, 0.1) is 19.7 Å². The number of rotatable bonds is 18. The number of hydrogen-bond donors (Lipinski definition) is 4. The minimum Gasteiger partial charge on any atom is -0.383 e. The summed E-state index contributed by atoms with van der Waals surface area (Å²) in [5, 5.41) is 5.93. The number of hydrogen-bond acceptors (Lipinski definition) is 6. The van der Waals surface area contributed by atoms with Crippen LogP contribution in [0.2, 0.25) is 0 Å². The van der Waals surface area contributed by atoms with Crippen LogP contribution in [-0.2, 0) is 14.3 Å². The van der Waals surface area contributed by atoms with Gasteiger partial charge < -0.3 is 31.7 Å². The summed E-state index contributed by atoms with van der Waals surface area (Å²) >= 11 is 0. The van der Waals surface area contributed by atoms with Crippen LogP contribution < -0.4 is 22.1 Å². The van der Waals surface area contributed by atoms with Crippen molar-refractivity contribution in [3.05, 3.63) is 0 Å². The molecule has 154 valence electrons. The van der Waals surface area contributed by atoms with Crippen molar-refractivity contribution >= 4 is 11.8 Å². The first-order valence-corrected chi connectivity index (χ1v) is 9.80. The van der Waals surface area contributed by atoms with E-state index < -0.39 is 0 Å². The first-order chi connectivity index (χ1) is 12.7. The molecule has 0 radical (unpaired) electrons. The SMILES string of the molecule is COCCNC(=O)CN(CCCCN)C(=O)CNCCCCCCCN. The smallest absolute Gasteiger partial charge is 0.239 e. The summed E-state index contributed by atoms with van der Waals surface area (Å²) in [6.07, 6.45) is 7.25. The highest BCUT2D eigenvalue weighted by molar-refractivity contribution is 5.85. The maximum atomic E-state index is 12.4. The van der Waals surface area contributed by atoms with Crippen molar-refractivity contribution in [1.29, 1.82) is 0 Å². The predicted octanol–water partition coefficient (Wildman–Crippen LogP) is -0.185. The molecule has 0 atom stereocenters. The highest BCUT2D eigenvalue weighted by atomic mass is 16.5. The second-order valence-electron chi connectivity index (χ2n) is 6.39. The number of unbranched alkanes of at least 4 members (excludes halogenated alkanes) is 5. The molecule has 0 heterocycles. The van der Waals surface area contributed by atoms with Crippen molar-refractivity contribution in [1.82, 2.24) is 15.5 Å². The van der Waals surface area contributed by atoms with E-state index in [-0.39, 0.29) is 24.9 Å². The van der Waals surface area contributed by atoms with Gasteiger partial charge in [-0.2, -0.15) is 0 Å². The van der Waals surface area contributed by atoms with Crippen molar-refractivity contribution in [2.45, 2.75) is 44.9 Å². The molecule has 0 aliphatic rings. The van der Waals surface area contributed by atoms with E-state index >= 15 is 0 Å². The summed E-state index contributed by atoms with van der Waals surface area (Å²) < 4.78 is 4.91. The van der Waals surface area contributed by atoms with Gasteiger partial charge in [-0.15, -0.1) is 0 Å². The minimum atomic E-state index is -0.164. The van der Waals surface area contributed by atoms with Crippen LogP contribution in [0.15, 0.2) is 0 Å². The largest absolute Gasteiger partial charge is 0.383 e. The molecule has 0 unspecified atom stereocenters. The second kappa shape index (κ2) is 18.6. The molecular weight excluding hydrogens is 334 g/mol. The van der Waals surface area contributed by atoms with E-state index in [9.17, 15) is 9.59 Å². The summed E-state index contributed by atoms with van der Waals surface area (Å²) in [5.74, 6) is -0.213. The predicted molar refractivity (Wildman–Crippen MR) is 105 cm³/mol. The molecule has 6 N–H and O–H groups in total. The zero-order valence-electron chi connectivity index (χ0n) is 16.4. The fourth-order valence-electron chi connectivity index (χ4n) is 2.49. The summed E-state index contributed by atoms with van der Waals surface area (Å²) in [6.45, 7) is 3.95. The standard InChI is InChI=1S/C18H39N5O3/c1-26-14-12-22-17(24)16-23(13-8-6-10-20)18(25)15-21-11-7-4-2-3-5-9-19/h21H,2-16,19-20H2,1H3,(H,22,24). The van der Waals surface area contributed by atoms with Crippen molar-refractivity contribution < 1.29 is 14.3 Å². The van der Waals surface area contributed by atoms with Gasteiger partial charge in [0, 0.05) is 20.2 Å².